The number of hydrogen-bond donors (Lipinski definition) is 0. The fourth-order valence-electron chi connectivity index (χ4n) is 2.85. The summed E-state index contributed by atoms with van der Waals surface area (Å²) >= 11 is 1.56. The molecule has 1 saturated heterocycles. The summed E-state index contributed by atoms with van der Waals surface area (Å²) in [6.07, 6.45) is 1.74. The fraction of sp³-hybridized carbons (Fsp3) is 0.333. The Morgan fingerprint density at radius 2 is 1.92 bits per heavy atom. The standard InChI is InChI=1S/C18H21N4O2S/c1-5-10-22-14-15(20(3)18(24)21(4)16(14)23)19-17(22)25-11-13-8-6-12(2)7-9-13/h5-9,14H,1,10-11H2,2-4H3/q+1. The van der Waals surface area contributed by atoms with E-state index in [0.717, 1.165) is 15.8 Å². The SMILES string of the molecule is C=CC[N+]1=C(SCc2ccc(C)cc2)N=C2C1C(=O)N(C)C(=O)N2C. The smallest absolute Gasteiger partial charge is 0.269 e. The van der Waals surface area contributed by atoms with Crippen molar-refractivity contribution in [2.45, 2.75) is 18.7 Å². The topological polar surface area (TPSA) is 56.0 Å². The van der Waals surface area contributed by atoms with Crippen LogP contribution in [0.3, 0.4) is 0 Å². The number of urea groups is 1. The van der Waals surface area contributed by atoms with E-state index in [0.29, 0.717) is 12.4 Å². The second kappa shape index (κ2) is 6.84. The van der Waals surface area contributed by atoms with Crippen molar-refractivity contribution in [1.82, 2.24) is 9.80 Å². The van der Waals surface area contributed by atoms with E-state index < -0.39 is 6.04 Å². The largest absolute Gasteiger partial charge is 0.358 e. The molecule has 25 heavy (non-hydrogen) atoms. The van der Waals surface area contributed by atoms with Crippen molar-refractivity contribution in [2.24, 2.45) is 4.99 Å². The number of fused-ring (bicyclic) bond motifs is 1. The number of hydrogen-bond acceptors (Lipinski definition) is 4. The quantitative estimate of drug-likeness (QED) is 0.612. The molecular weight excluding hydrogens is 336 g/mol. The molecule has 0 N–H and O–H groups in total. The lowest BCUT2D eigenvalue weighted by atomic mass is 10.1. The van der Waals surface area contributed by atoms with Crippen LogP contribution in [0, 0.1) is 6.92 Å². The summed E-state index contributed by atoms with van der Waals surface area (Å²) in [5, 5.41) is 0.740. The van der Waals surface area contributed by atoms with Crippen LogP contribution in [-0.2, 0) is 10.5 Å². The summed E-state index contributed by atoms with van der Waals surface area (Å²) in [5.41, 5.74) is 2.40. The number of rotatable bonds is 4. The zero-order valence-electron chi connectivity index (χ0n) is 14.6. The van der Waals surface area contributed by atoms with Crippen LogP contribution in [0.4, 0.5) is 4.79 Å². The second-order valence-electron chi connectivity index (χ2n) is 6.11. The third-order valence-corrected chi connectivity index (χ3v) is 5.37. The van der Waals surface area contributed by atoms with Crippen molar-refractivity contribution in [2.75, 3.05) is 20.6 Å². The van der Waals surface area contributed by atoms with E-state index in [1.165, 1.54) is 23.1 Å². The maximum Gasteiger partial charge on any atom is 0.358 e. The van der Waals surface area contributed by atoms with Crippen LogP contribution >= 0.6 is 11.8 Å². The molecule has 7 heteroatoms. The predicted molar refractivity (Wildman–Crippen MR) is 100.0 cm³/mol. The molecule has 3 amide bonds. The molecule has 0 aromatic heterocycles. The van der Waals surface area contributed by atoms with Gasteiger partial charge in [0.25, 0.3) is 17.8 Å². The number of imide groups is 1. The van der Waals surface area contributed by atoms with Gasteiger partial charge in [0.05, 0.1) is 0 Å². The third kappa shape index (κ3) is 3.11. The van der Waals surface area contributed by atoms with Gasteiger partial charge in [0.1, 0.15) is 6.54 Å². The number of carbonyl (C=O) groups excluding carboxylic acids is 2. The number of nitrogens with zero attached hydrogens (tertiary/aromatic N) is 4. The molecule has 0 saturated carbocycles. The Kier molecular flexibility index (Phi) is 4.76. The molecule has 1 fully saturated rings. The lowest BCUT2D eigenvalue weighted by Crippen LogP contribution is -2.61. The summed E-state index contributed by atoms with van der Waals surface area (Å²) in [5.74, 6) is 0.977. The fourth-order valence-corrected chi connectivity index (χ4v) is 3.84. The lowest BCUT2D eigenvalue weighted by Gasteiger charge is -2.30. The lowest BCUT2D eigenvalue weighted by molar-refractivity contribution is -0.522. The molecular formula is C18H21N4O2S+. The van der Waals surface area contributed by atoms with E-state index in [9.17, 15) is 9.59 Å². The highest BCUT2D eigenvalue weighted by molar-refractivity contribution is 8.13. The van der Waals surface area contributed by atoms with Gasteiger partial charge in [-0.3, -0.25) is 14.6 Å². The van der Waals surface area contributed by atoms with Gasteiger partial charge >= 0.3 is 11.2 Å². The van der Waals surface area contributed by atoms with Crippen LogP contribution in [-0.4, -0.2) is 64.0 Å². The maximum absolute atomic E-state index is 12.6. The van der Waals surface area contributed by atoms with E-state index in [4.69, 9.17) is 0 Å². The van der Waals surface area contributed by atoms with Crippen LogP contribution in [0.5, 0.6) is 0 Å². The second-order valence-corrected chi connectivity index (χ2v) is 7.05. The van der Waals surface area contributed by atoms with Crippen molar-refractivity contribution in [3.05, 3.63) is 48.0 Å². The molecule has 2 heterocycles. The Morgan fingerprint density at radius 1 is 1.24 bits per heavy atom. The molecule has 3 rings (SSSR count). The minimum Gasteiger partial charge on any atom is -0.269 e. The molecule has 6 nitrogen and oxygen atoms in total. The summed E-state index contributed by atoms with van der Waals surface area (Å²) in [6, 6.07) is 7.41. The Hall–Kier alpha value is -2.41. The Balaban J connectivity index is 1.89. The van der Waals surface area contributed by atoms with Crippen LogP contribution in [0.25, 0.3) is 0 Å². The zero-order valence-corrected chi connectivity index (χ0v) is 15.4. The maximum atomic E-state index is 12.6. The monoisotopic (exact) mass is 357 g/mol. The molecule has 0 radical (unpaired) electrons. The molecule has 0 bridgehead atoms. The number of aryl methyl sites for hydroxylation is 1. The zero-order chi connectivity index (χ0) is 18.1. The van der Waals surface area contributed by atoms with Crippen LogP contribution < -0.4 is 0 Å². The van der Waals surface area contributed by atoms with Crippen molar-refractivity contribution in [1.29, 1.82) is 0 Å². The molecule has 0 spiro atoms. The van der Waals surface area contributed by atoms with Crippen molar-refractivity contribution in [3.63, 3.8) is 0 Å². The number of thioether (sulfide) groups is 1. The number of carbonyl (C=O) groups is 2. The van der Waals surface area contributed by atoms with E-state index in [1.807, 2.05) is 4.58 Å². The molecule has 0 aliphatic carbocycles. The van der Waals surface area contributed by atoms with Crippen LogP contribution in [0.2, 0.25) is 0 Å². The van der Waals surface area contributed by atoms with Gasteiger partial charge in [0.2, 0.25) is 0 Å². The first-order valence-electron chi connectivity index (χ1n) is 8.00. The van der Waals surface area contributed by atoms with Gasteiger partial charge in [0.15, 0.2) is 0 Å². The summed E-state index contributed by atoms with van der Waals surface area (Å²) in [6.45, 7) is 6.33. The van der Waals surface area contributed by atoms with Crippen LogP contribution in [0.1, 0.15) is 11.1 Å². The average Bonchev–Trinajstić information content (AvgIpc) is 2.97. The molecule has 2 aliphatic rings. The van der Waals surface area contributed by atoms with Gasteiger partial charge in [-0.25, -0.2) is 9.37 Å². The van der Waals surface area contributed by atoms with Gasteiger partial charge < -0.3 is 0 Å². The number of likely N-dealkylation sites (N-methyl/N-ethyl adjacent to an activating group) is 2. The molecule has 2 aliphatic heterocycles. The minimum absolute atomic E-state index is 0.255. The highest BCUT2D eigenvalue weighted by Crippen LogP contribution is 2.24. The molecule has 1 unspecified atom stereocenters. The summed E-state index contributed by atoms with van der Waals surface area (Å²) in [7, 11) is 3.15. The van der Waals surface area contributed by atoms with Gasteiger partial charge in [-0.1, -0.05) is 42.5 Å². The highest BCUT2D eigenvalue weighted by atomic mass is 32.2. The Bertz CT molecular complexity index is 798. The van der Waals surface area contributed by atoms with Crippen molar-refractivity contribution in [3.8, 4) is 0 Å². The molecule has 1 atom stereocenters. The normalized spacial score (nSPS) is 20.1. The summed E-state index contributed by atoms with van der Waals surface area (Å²) in [4.78, 5) is 31.9. The van der Waals surface area contributed by atoms with Gasteiger partial charge in [0, 0.05) is 19.8 Å². The van der Waals surface area contributed by atoms with E-state index in [1.54, 1.807) is 24.9 Å². The first kappa shape index (κ1) is 17.4. The van der Waals surface area contributed by atoms with Gasteiger partial charge in [-0.15, -0.1) is 0 Å². The van der Waals surface area contributed by atoms with Crippen molar-refractivity contribution < 1.29 is 14.2 Å². The molecule has 130 valence electrons. The Morgan fingerprint density at radius 3 is 2.56 bits per heavy atom. The Labute approximate surface area is 151 Å². The van der Waals surface area contributed by atoms with Gasteiger partial charge in [-0.2, -0.15) is 0 Å². The average molecular weight is 357 g/mol. The molecule has 1 aromatic carbocycles. The first-order valence-corrected chi connectivity index (χ1v) is 8.99. The van der Waals surface area contributed by atoms with E-state index >= 15 is 0 Å². The minimum atomic E-state index is -0.564. The van der Waals surface area contributed by atoms with E-state index in [2.05, 4.69) is 42.8 Å². The third-order valence-electron chi connectivity index (χ3n) is 4.31. The number of aliphatic imine (C=N–C) groups is 1. The van der Waals surface area contributed by atoms with Gasteiger partial charge in [-0.05, 0) is 29.2 Å². The number of benzene rings is 1. The highest BCUT2D eigenvalue weighted by Gasteiger charge is 2.52. The molecule has 1 aromatic rings. The number of amides is 3. The van der Waals surface area contributed by atoms with Crippen molar-refractivity contribution >= 4 is 34.7 Å². The van der Waals surface area contributed by atoms with E-state index in [-0.39, 0.29) is 11.9 Å². The predicted octanol–water partition coefficient (Wildman–Crippen LogP) is 2.09. The number of amidine groups is 2. The summed E-state index contributed by atoms with van der Waals surface area (Å²) < 4.78 is 1.91. The first-order chi connectivity index (χ1) is 11.9. The van der Waals surface area contributed by atoms with Crippen LogP contribution in [0.15, 0.2) is 41.9 Å².